The number of hydrogen-bond donors (Lipinski definition) is 1. The first-order valence-electron chi connectivity index (χ1n) is 11.0. The molecule has 2 aliphatic carbocycles. The van der Waals surface area contributed by atoms with E-state index in [1.807, 2.05) is 12.1 Å². The van der Waals surface area contributed by atoms with Gasteiger partial charge in [0.05, 0.1) is 44.5 Å². The molecule has 4 aliphatic rings. The van der Waals surface area contributed by atoms with Crippen LogP contribution < -0.4 is 9.77 Å². The molecule has 1 saturated heterocycles. The lowest BCUT2D eigenvalue weighted by Crippen LogP contribution is -2.42. The van der Waals surface area contributed by atoms with Crippen LogP contribution in [0.2, 0.25) is 0 Å². The minimum Gasteiger partial charge on any atom is -0.469 e. The topological polar surface area (TPSA) is 127 Å². The lowest BCUT2D eigenvalue weighted by molar-refractivity contribution is -0.384. The molecular formula is C23H17N3O6S2. The molecule has 3 fully saturated rings. The van der Waals surface area contributed by atoms with Gasteiger partial charge in [0, 0.05) is 17.4 Å². The van der Waals surface area contributed by atoms with Crippen molar-refractivity contribution in [1.29, 1.82) is 0 Å². The third-order valence-electron chi connectivity index (χ3n) is 7.89. The largest absolute Gasteiger partial charge is 0.469 e. The molecule has 5 unspecified atom stereocenters. The van der Waals surface area contributed by atoms with E-state index in [0.29, 0.717) is 5.69 Å². The van der Waals surface area contributed by atoms with Gasteiger partial charge in [-0.05, 0) is 48.4 Å². The maximum atomic E-state index is 13.6. The van der Waals surface area contributed by atoms with Crippen LogP contribution in [0, 0.1) is 39.7 Å². The number of anilines is 1. The molecule has 2 bridgehead atoms. The van der Waals surface area contributed by atoms with Crippen molar-refractivity contribution >= 4 is 46.3 Å². The number of hydrogen-bond acceptors (Lipinski definition) is 8. The number of nitro groups is 1. The standard InChI is InChI=1S/C23H17N3O6S2/c27-21-15-11-8-12(16(15)22(28)25(21)9-3-5-10(6-4-9)26(30)31)18-14(11)17(13-2-1-7-32-13)19-20(33-18)24-23(29)34-19/h1-7,11-12,14-18H,8H2,(H,24,29)/t11-,12-,14?,15?,16?,17?,18?/m1/s1. The Morgan fingerprint density at radius 1 is 1.06 bits per heavy atom. The smallest absolute Gasteiger partial charge is 0.305 e. The SMILES string of the molecule is O=C1C2C(C(=O)N1c1ccc([N+](=O)[O-])cc1)[C@@H]1C[C@H]2C2Sc3[nH]c(=O)sc3C(c3ccco3)C21. The van der Waals surface area contributed by atoms with Crippen LogP contribution in [0.5, 0.6) is 0 Å². The van der Waals surface area contributed by atoms with E-state index in [4.69, 9.17) is 4.42 Å². The number of thioether (sulfide) groups is 1. The molecule has 1 N–H and O–H groups in total. The number of non-ortho nitro benzene ring substituents is 1. The summed E-state index contributed by atoms with van der Waals surface area (Å²) in [5.41, 5.74) is 0.281. The fourth-order valence-electron chi connectivity index (χ4n) is 6.78. The highest BCUT2D eigenvalue weighted by Crippen LogP contribution is 2.68. The van der Waals surface area contributed by atoms with E-state index in [9.17, 15) is 24.5 Å². The molecule has 1 aromatic carbocycles. The molecule has 0 spiro atoms. The van der Waals surface area contributed by atoms with Crippen molar-refractivity contribution in [1.82, 2.24) is 4.98 Å². The number of furan rings is 1. The van der Waals surface area contributed by atoms with E-state index in [0.717, 1.165) is 22.1 Å². The highest BCUT2D eigenvalue weighted by molar-refractivity contribution is 8.00. The van der Waals surface area contributed by atoms with Crippen molar-refractivity contribution in [2.75, 3.05) is 4.90 Å². The number of aromatic nitrogens is 1. The number of fused-ring (bicyclic) bond motifs is 9. The van der Waals surface area contributed by atoms with Gasteiger partial charge < -0.3 is 9.40 Å². The van der Waals surface area contributed by atoms with Gasteiger partial charge in [0.25, 0.3) is 5.69 Å². The van der Waals surface area contributed by atoms with E-state index >= 15 is 0 Å². The number of carbonyl (C=O) groups is 2. The molecule has 3 aromatic rings. The van der Waals surface area contributed by atoms with E-state index in [-0.39, 0.29) is 51.3 Å². The minimum atomic E-state index is -0.508. The van der Waals surface area contributed by atoms with Crippen LogP contribution in [0.15, 0.2) is 56.9 Å². The van der Waals surface area contributed by atoms with Crippen LogP contribution in [0.4, 0.5) is 11.4 Å². The molecule has 2 aliphatic heterocycles. The highest BCUT2D eigenvalue weighted by Gasteiger charge is 2.70. The van der Waals surface area contributed by atoms with Gasteiger partial charge in [-0.1, -0.05) is 11.3 Å². The Kier molecular flexibility index (Phi) is 4.12. The van der Waals surface area contributed by atoms with Crippen molar-refractivity contribution in [3.8, 4) is 0 Å². The van der Waals surface area contributed by atoms with E-state index in [2.05, 4.69) is 4.98 Å². The Hall–Kier alpha value is -3.18. The number of H-pyrrole nitrogens is 1. The first-order chi connectivity index (χ1) is 16.4. The lowest BCUT2D eigenvalue weighted by atomic mass is 9.69. The Bertz CT molecular complexity index is 1410. The quantitative estimate of drug-likeness (QED) is 0.334. The Labute approximate surface area is 200 Å². The second-order valence-electron chi connectivity index (χ2n) is 9.26. The maximum absolute atomic E-state index is 13.6. The number of benzene rings is 1. The molecule has 172 valence electrons. The zero-order valence-corrected chi connectivity index (χ0v) is 19.1. The van der Waals surface area contributed by atoms with Crippen LogP contribution in [0.25, 0.3) is 0 Å². The van der Waals surface area contributed by atoms with Crippen LogP contribution >= 0.6 is 23.1 Å². The van der Waals surface area contributed by atoms with Gasteiger partial charge in [-0.3, -0.25) is 29.4 Å². The van der Waals surface area contributed by atoms with E-state index < -0.39 is 16.8 Å². The average Bonchev–Trinajstić information content (AvgIpc) is 3.61. The zero-order chi connectivity index (χ0) is 23.3. The van der Waals surface area contributed by atoms with Gasteiger partial charge in [-0.15, -0.1) is 11.8 Å². The van der Waals surface area contributed by atoms with E-state index in [1.54, 1.807) is 18.0 Å². The van der Waals surface area contributed by atoms with Crippen LogP contribution in [-0.4, -0.2) is 27.0 Å². The Balaban J connectivity index is 1.29. The summed E-state index contributed by atoms with van der Waals surface area (Å²) in [5.74, 6) is -0.566. The van der Waals surface area contributed by atoms with Crippen molar-refractivity contribution in [2.45, 2.75) is 22.6 Å². The molecule has 7 rings (SSSR count). The number of thiazole rings is 1. The second kappa shape index (κ2) is 6.92. The molecule has 2 saturated carbocycles. The first kappa shape index (κ1) is 20.2. The van der Waals surface area contributed by atoms with Crippen molar-refractivity contribution in [3.63, 3.8) is 0 Å². The zero-order valence-electron chi connectivity index (χ0n) is 17.5. The van der Waals surface area contributed by atoms with E-state index in [1.165, 1.54) is 40.5 Å². The number of nitrogens with one attached hydrogen (secondary N) is 1. The number of aromatic amines is 1. The third kappa shape index (κ3) is 2.53. The van der Waals surface area contributed by atoms with Gasteiger partial charge in [0.15, 0.2) is 0 Å². The summed E-state index contributed by atoms with van der Waals surface area (Å²) in [5, 5.41) is 11.9. The summed E-state index contributed by atoms with van der Waals surface area (Å²) in [6, 6.07) is 9.31. The summed E-state index contributed by atoms with van der Waals surface area (Å²) in [7, 11) is 0. The summed E-state index contributed by atoms with van der Waals surface area (Å²) < 4.78 is 5.80. The van der Waals surface area contributed by atoms with Gasteiger partial charge in [-0.2, -0.15) is 0 Å². The third-order valence-corrected chi connectivity index (χ3v) is 10.5. The number of nitro benzene ring substituents is 1. The minimum absolute atomic E-state index is 0.00699. The molecule has 11 heteroatoms. The molecule has 2 aromatic heterocycles. The molecular weight excluding hydrogens is 478 g/mol. The summed E-state index contributed by atoms with van der Waals surface area (Å²) in [4.78, 5) is 54.8. The van der Waals surface area contributed by atoms with Gasteiger partial charge in [0.2, 0.25) is 11.8 Å². The fourth-order valence-corrected chi connectivity index (χ4v) is 9.65. The average molecular weight is 496 g/mol. The molecule has 9 nitrogen and oxygen atoms in total. The number of nitrogens with zero attached hydrogens (tertiary/aromatic N) is 2. The summed E-state index contributed by atoms with van der Waals surface area (Å²) in [6.07, 6.45) is 2.41. The molecule has 7 atom stereocenters. The fraction of sp³-hybridized carbons (Fsp3) is 0.348. The Morgan fingerprint density at radius 2 is 1.79 bits per heavy atom. The number of imide groups is 1. The predicted molar refractivity (Wildman–Crippen MR) is 123 cm³/mol. The van der Waals surface area contributed by atoms with Crippen LogP contribution in [-0.2, 0) is 9.59 Å². The number of rotatable bonds is 3. The van der Waals surface area contributed by atoms with Crippen molar-refractivity contribution < 1.29 is 18.9 Å². The number of carbonyl (C=O) groups excluding carboxylic acids is 2. The van der Waals surface area contributed by atoms with Gasteiger partial charge in [-0.25, -0.2) is 0 Å². The van der Waals surface area contributed by atoms with Crippen molar-refractivity contribution in [3.05, 3.63) is 73.1 Å². The predicted octanol–water partition coefficient (Wildman–Crippen LogP) is 3.62. The molecule has 2 amide bonds. The maximum Gasteiger partial charge on any atom is 0.305 e. The Morgan fingerprint density at radius 3 is 2.47 bits per heavy atom. The van der Waals surface area contributed by atoms with Crippen LogP contribution in [0.1, 0.15) is 23.0 Å². The molecule has 0 radical (unpaired) electrons. The number of amides is 2. The highest BCUT2D eigenvalue weighted by atomic mass is 32.2. The normalized spacial score (nSPS) is 33.2. The van der Waals surface area contributed by atoms with Crippen LogP contribution in [0.3, 0.4) is 0 Å². The monoisotopic (exact) mass is 495 g/mol. The van der Waals surface area contributed by atoms with Crippen molar-refractivity contribution in [2.24, 2.45) is 29.6 Å². The molecule has 4 heterocycles. The molecule has 34 heavy (non-hydrogen) atoms. The van der Waals surface area contributed by atoms with Gasteiger partial charge >= 0.3 is 4.87 Å². The van der Waals surface area contributed by atoms with Gasteiger partial charge in [0.1, 0.15) is 5.76 Å². The summed E-state index contributed by atoms with van der Waals surface area (Å²) in [6.45, 7) is 0. The first-order valence-corrected chi connectivity index (χ1v) is 12.7. The lowest BCUT2D eigenvalue weighted by Gasteiger charge is -2.42. The second-order valence-corrected chi connectivity index (χ2v) is 11.5. The summed E-state index contributed by atoms with van der Waals surface area (Å²) >= 11 is 2.81.